The predicted octanol–water partition coefficient (Wildman–Crippen LogP) is 7.92. The van der Waals surface area contributed by atoms with E-state index in [1.807, 2.05) is 12.1 Å². The topological polar surface area (TPSA) is 37.3 Å². The van der Waals surface area contributed by atoms with Crippen LogP contribution in [0.3, 0.4) is 0 Å². The summed E-state index contributed by atoms with van der Waals surface area (Å²) in [5.41, 5.74) is 7.98. The molecule has 0 atom stereocenters. The molecule has 0 aliphatic heterocycles. The third-order valence-corrected chi connectivity index (χ3v) is 8.58. The third-order valence-electron chi connectivity index (χ3n) is 6.53. The summed E-state index contributed by atoms with van der Waals surface area (Å²) in [7, 11) is -1.70. The van der Waals surface area contributed by atoms with Crippen molar-refractivity contribution >= 4 is 30.9 Å². The van der Waals surface area contributed by atoms with Crippen molar-refractivity contribution in [2.24, 2.45) is 0 Å². The lowest BCUT2D eigenvalue weighted by Crippen LogP contribution is -2.23. The van der Waals surface area contributed by atoms with Gasteiger partial charge < -0.3 is 5.11 Å². The Morgan fingerprint density at radius 1 is 0.909 bits per heavy atom. The molecule has 2 nitrogen and oxygen atoms in total. The third kappa shape index (κ3) is 4.79. The zero-order valence-electron chi connectivity index (χ0n) is 20.1. The second-order valence-electron chi connectivity index (χ2n) is 10.6. The van der Waals surface area contributed by atoms with Gasteiger partial charge in [-0.2, -0.15) is 0 Å². The summed E-state index contributed by atoms with van der Waals surface area (Å²) in [6, 6.07) is 24.8. The Balaban J connectivity index is 1.83. The summed E-state index contributed by atoms with van der Waals surface area (Å²) in [4.78, 5) is 11.3. The van der Waals surface area contributed by atoms with Crippen molar-refractivity contribution in [1.29, 1.82) is 0 Å². The molecule has 0 fully saturated rings. The number of carboxylic acids is 1. The van der Waals surface area contributed by atoms with Gasteiger partial charge in [0.15, 0.2) is 0 Å². The molecule has 0 amide bonds. The molecular formula is C30H32O2Si. The monoisotopic (exact) mass is 452 g/mol. The van der Waals surface area contributed by atoms with E-state index < -0.39 is 14.0 Å². The van der Waals surface area contributed by atoms with Crippen molar-refractivity contribution in [2.45, 2.75) is 45.3 Å². The summed E-state index contributed by atoms with van der Waals surface area (Å²) in [5, 5.41) is 10.6. The average molecular weight is 453 g/mol. The highest BCUT2D eigenvalue weighted by molar-refractivity contribution is 6.94. The van der Waals surface area contributed by atoms with Gasteiger partial charge in [0.05, 0.1) is 13.6 Å². The van der Waals surface area contributed by atoms with Gasteiger partial charge in [-0.25, -0.2) is 4.79 Å². The number of fused-ring (bicyclic) bond motifs is 1. The van der Waals surface area contributed by atoms with Gasteiger partial charge >= 0.3 is 5.97 Å². The average Bonchev–Trinajstić information content (AvgIpc) is 2.77. The van der Waals surface area contributed by atoms with Crippen LogP contribution < -0.4 is 0 Å². The first-order valence-electron chi connectivity index (χ1n) is 11.5. The zero-order chi connectivity index (χ0) is 23.8. The second-order valence-corrected chi connectivity index (χ2v) is 15.6. The Labute approximate surface area is 198 Å². The van der Waals surface area contributed by atoms with Crippen LogP contribution in [0.4, 0.5) is 0 Å². The van der Waals surface area contributed by atoms with Crippen molar-refractivity contribution in [1.82, 2.24) is 0 Å². The van der Waals surface area contributed by atoms with Crippen LogP contribution in [-0.4, -0.2) is 19.1 Å². The number of carbonyl (C=O) groups is 1. The number of hydrogen-bond acceptors (Lipinski definition) is 1. The highest BCUT2D eigenvalue weighted by Gasteiger charge is 2.29. The molecule has 3 heteroatoms. The van der Waals surface area contributed by atoms with E-state index >= 15 is 0 Å². The van der Waals surface area contributed by atoms with E-state index in [-0.39, 0.29) is 5.41 Å². The summed E-state index contributed by atoms with van der Waals surface area (Å²) in [5.74, 6) is -0.891. The molecule has 0 saturated carbocycles. The molecule has 0 aromatic heterocycles. The van der Waals surface area contributed by atoms with Gasteiger partial charge in [-0.3, -0.25) is 0 Å². The lowest BCUT2D eigenvalue weighted by Gasteiger charge is -2.32. The molecule has 1 aliphatic rings. The normalized spacial score (nSPS) is 15.5. The molecule has 0 spiro atoms. The maximum absolute atomic E-state index is 11.3. The van der Waals surface area contributed by atoms with Crippen LogP contribution in [0.1, 0.15) is 58.4 Å². The van der Waals surface area contributed by atoms with Gasteiger partial charge in [0.25, 0.3) is 0 Å². The highest BCUT2D eigenvalue weighted by Crippen LogP contribution is 2.42. The molecule has 1 aliphatic carbocycles. The van der Waals surface area contributed by atoms with Crippen molar-refractivity contribution < 1.29 is 9.90 Å². The quantitative estimate of drug-likeness (QED) is 0.315. The van der Waals surface area contributed by atoms with Gasteiger partial charge in [-0.15, -0.1) is 0 Å². The number of hydrogen-bond donors (Lipinski definition) is 1. The molecule has 3 aromatic carbocycles. The smallest absolute Gasteiger partial charge is 0.335 e. The Morgan fingerprint density at radius 3 is 2.15 bits per heavy atom. The molecule has 4 rings (SSSR count). The summed E-state index contributed by atoms with van der Waals surface area (Å²) < 4.78 is 0. The lowest BCUT2D eigenvalue weighted by atomic mass is 9.72. The van der Waals surface area contributed by atoms with Gasteiger partial charge in [0.2, 0.25) is 0 Å². The molecule has 0 heterocycles. The van der Waals surface area contributed by atoms with Gasteiger partial charge in [-0.1, -0.05) is 105 Å². The molecule has 3 aromatic rings. The SMILES string of the molecule is CC1(C)CC=C(c2ccccc2)c2cc(C=C(c3ccc(C(=O)O)cc3)[Si](C)(C)C)ccc21. The Morgan fingerprint density at radius 2 is 1.55 bits per heavy atom. The minimum Gasteiger partial charge on any atom is -0.478 e. The maximum Gasteiger partial charge on any atom is 0.335 e. The maximum atomic E-state index is 11.3. The molecule has 0 saturated heterocycles. The van der Waals surface area contributed by atoms with E-state index in [2.05, 4.69) is 94.2 Å². The molecular weight excluding hydrogens is 420 g/mol. The standard InChI is InChI=1S/C30H32O2Si/c1-30(2)18-17-25(22-9-7-6-8-10-22)26-19-21(11-16-27(26)30)20-28(33(3,4)5)23-12-14-24(15-13-23)29(31)32/h6-17,19-20H,18H2,1-5H3,(H,31,32). The van der Waals surface area contributed by atoms with E-state index in [9.17, 15) is 9.90 Å². The van der Waals surface area contributed by atoms with Gasteiger partial charge in [-0.05, 0) is 63.4 Å². The van der Waals surface area contributed by atoms with Gasteiger partial charge in [0, 0.05) is 0 Å². The second kappa shape index (κ2) is 8.64. The van der Waals surface area contributed by atoms with E-state index in [1.165, 1.54) is 33.0 Å². The Hall–Kier alpha value is -3.17. The lowest BCUT2D eigenvalue weighted by molar-refractivity contribution is 0.0697. The van der Waals surface area contributed by atoms with E-state index in [0.29, 0.717) is 5.56 Å². The van der Waals surface area contributed by atoms with Crippen molar-refractivity contribution in [3.05, 3.63) is 112 Å². The molecule has 0 radical (unpaired) electrons. The number of benzene rings is 3. The number of carboxylic acid groups (broad SMARTS) is 1. The fourth-order valence-electron chi connectivity index (χ4n) is 4.62. The molecule has 1 N–H and O–H groups in total. The number of allylic oxidation sites excluding steroid dienone is 1. The van der Waals surface area contributed by atoms with Crippen LogP contribution in [-0.2, 0) is 5.41 Å². The molecule has 168 valence electrons. The first-order valence-corrected chi connectivity index (χ1v) is 15.0. The fraction of sp³-hybridized carbons (Fsp3) is 0.233. The minimum absolute atomic E-state index is 0.101. The molecule has 0 unspecified atom stereocenters. The van der Waals surface area contributed by atoms with Gasteiger partial charge in [0.1, 0.15) is 0 Å². The minimum atomic E-state index is -1.70. The van der Waals surface area contributed by atoms with Crippen LogP contribution in [0.15, 0.2) is 78.9 Å². The summed E-state index contributed by atoms with van der Waals surface area (Å²) >= 11 is 0. The number of rotatable bonds is 5. The van der Waals surface area contributed by atoms with Crippen molar-refractivity contribution in [2.75, 3.05) is 0 Å². The predicted molar refractivity (Wildman–Crippen MR) is 142 cm³/mol. The fourth-order valence-corrected chi connectivity index (χ4v) is 6.26. The highest BCUT2D eigenvalue weighted by atomic mass is 28.3. The van der Waals surface area contributed by atoms with Crippen molar-refractivity contribution in [3.63, 3.8) is 0 Å². The van der Waals surface area contributed by atoms with Crippen LogP contribution in [0.5, 0.6) is 0 Å². The van der Waals surface area contributed by atoms with Crippen LogP contribution in [0.2, 0.25) is 19.6 Å². The van der Waals surface area contributed by atoms with Crippen LogP contribution >= 0.6 is 0 Å². The first kappa shape index (κ1) is 23.0. The number of aromatic carboxylic acids is 1. The molecule has 33 heavy (non-hydrogen) atoms. The van der Waals surface area contributed by atoms with E-state index in [1.54, 1.807) is 12.1 Å². The summed E-state index contributed by atoms with van der Waals surface area (Å²) in [6.45, 7) is 11.6. The van der Waals surface area contributed by atoms with Crippen LogP contribution in [0.25, 0.3) is 16.8 Å². The van der Waals surface area contributed by atoms with Crippen LogP contribution in [0, 0.1) is 0 Å². The largest absolute Gasteiger partial charge is 0.478 e. The Kier molecular flexibility index (Phi) is 6.02. The van der Waals surface area contributed by atoms with E-state index in [0.717, 1.165) is 12.0 Å². The van der Waals surface area contributed by atoms with E-state index in [4.69, 9.17) is 0 Å². The summed E-state index contributed by atoms with van der Waals surface area (Å²) in [6.07, 6.45) is 5.72. The van der Waals surface area contributed by atoms with Crippen molar-refractivity contribution in [3.8, 4) is 0 Å². The zero-order valence-corrected chi connectivity index (χ0v) is 21.1. The first-order chi connectivity index (χ1) is 15.6. The Bertz CT molecular complexity index is 1240. The molecule has 0 bridgehead atoms.